The van der Waals surface area contributed by atoms with Gasteiger partial charge in [-0.3, -0.25) is 4.79 Å². The lowest BCUT2D eigenvalue weighted by Crippen LogP contribution is -2.31. The highest BCUT2D eigenvalue weighted by molar-refractivity contribution is 7.99. The number of anilines is 2. The Kier molecular flexibility index (Phi) is 6.38. The number of carbonyl (C=O) groups is 1. The molecule has 1 aliphatic heterocycles. The molecule has 1 aromatic heterocycles. The molecule has 0 aliphatic carbocycles. The Morgan fingerprint density at radius 1 is 1.19 bits per heavy atom. The smallest absolute Gasteiger partial charge is 0.234 e. The van der Waals surface area contributed by atoms with Crippen LogP contribution >= 0.6 is 23.4 Å². The molecule has 1 aliphatic rings. The van der Waals surface area contributed by atoms with Crippen LogP contribution in [0.15, 0.2) is 29.4 Å². The fraction of sp³-hybridized carbons (Fsp3) is 0.421. The molecule has 0 bridgehead atoms. The maximum Gasteiger partial charge on any atom is 0.234 e. The Morgan fingerprint density at radius 3 is 2.58 bits per heavy atom. The zero-order valence-electron chi connectivity index (χ0n) is 15.1. The second-order valence-electron chi connectivity index (χ2n) is 6.45. The van der Waals surface area contributed by atoms with Crippen LogP contribution in [0, 0.1) is 13.8 Å². The van der Waals surface area contributed by atoms with Crippen molar-refractivity contribution < 1.29 is 4.79 Å². The van der Waals surface area contributed by atoms with E-state index in [0.717, 1.165) is 48.7 Å². The molecule has 26 heavy (non-hydrogen) atoms. The lowest BCUT2D eigenvalue weighted by atomic mass is 10.1. The van der Waals surface area contributed by atoms with Gasteiger partial charge in [0.25, 0.3) is 0 Å². The van der Waals surface area contributed by atoms with Crippen molar-refractivity contribution in [2.75, 3.05) is 29.1 Å². The van der Waals surface area contributed by atoms with Crippen LogP contribution in [0.1, 0.15) is 30.7 Å². The number of carbonyl (C=O) groups excluding carboxylic acids is 1. The SMILES string of the molecule is Cc1cc(C)nc(SCC(=O)Nc2cccc(Cl)c2N2CCCCC2)n1. The molecule has 0 unspecified atom stereocenters. The number of nitrogens with one attached hydrogen (secondary N) is 1. The van der Waals surface area contributed by atoms with Gasteiger partial charge in [-0.2, -0.15) is 0 Å². The number of hydrogen-bond donors (Lipinski definition) is 1. The monoisotopic (exact) mass is 390 g/mol. The lowest BCUT2D eigenvalue weighted by molar-refractivity contribution is -0.113. The van der Waals surface area contributed by atoms with Gasteiger partial charge in [-0.05, 0) is 51.3 Å². The van der Waals surface area contributed by atoms with Crippen molar-refractivity contribution in [3.63, 3.8) is 0 Å². The van der Waals surface area contributed by atoms with Gasteiger partial charge in [0.2, 0.25) is 5.91 Å². The van der Waals surface area contributed by atoms with Crippen molar-refractivity contribution in [3.8, 4) is 0 Å². The van der Waals surface area contributed by atoms with Gasteiger partial charge in [0, 0.05) is 24.5 Å². The first-order chi connectivity index (χ1) is 12.5. The molecule has 0 saturated carbocycles. The van der Waals surface area contributed by atoms with E-state index in [-0.39, 0.29) is 11.7 Å². The fourth-order valence-corrected chi connectivity index (χ4v) is 4.17. The third kappa shape index (κ3) is 4.89. The summed E-state index contributed by atoms with van der Waals surface area (Å²) in [5, 5.41) is 4.31. The van der Waals surface area contributed by atoms with Gasteiger partial charge < -0.3 is 10.2 Å². The van der Waals surface area contributed by atoms with Crippen LogP contribution in [0.25, 0.3) is 0 Å². The third-order valence-corrected chi connectivity index (χ3v) is 5.38. The summed E-state index contributed by atoms with van der Waals surface area (Å²) in [5.41, 5.74) is 3.51. The molecule has 1 saturated heterocycles. The highest BCUT2D eigenvalue weighted by Crippen LogP contribution is 2.35. The summed E-state index contributed by atoms with van der Waals surface area (Å²) in [6, 6.07) is 7.57. The van der Waals surface area contributed by atoms with Crippen molar-refractivity contribution >= 4 is 40.6 Å². The third-order valence-electron chi connectivity index (χ3n) is 4.23. The quantitative estimate of drug-likeness (QED) is 0.603. The molecule has 2 aromatic rings. The van der Waals surface area contributed by atoms with E-state index in [1.54, 1.807) is 0 Å². The molecule has 7 heteroatoms. The molecule has 2 heterocycles. The van der Waals surface area contributed by atoms with Gasteiger partial charge in [0.05, 0.1) is 22.2 Å². The summed E-state index contributed by atoms with van der Waals surface area (Å²) in [6.07, 6.45) is 3.55. The Labute approximate surface area is 163 Å². The average molecular weight is 391 g/mol. The largest absolute Gasteiger partial charge is 0.369 e. The van der Waals surface area contributed by atoms with Crippen molar-refractivity contribution in [1.29, 1.82) is 0 Å². The number of amides is 1. The second kappa shape index (κ2) is 8.73. The zero-order chi connectivity index (χ0) is 18.5. The molecule has 1 fully saturated rings. The maximum atomic E-state index is 12.5. The Balaban J connectivity index is 1.68. The number of nitrogens with zero attached hydrogens (tertiary/aromatic N) is 3. The van der Waals surface area contributed by atoms with Gasteiger partial charge in [-0.15, -0.1) is 0 Å². The summed E-state index contributed by atoms with van der Waals surface area (Å²) in [5.74, 6) is 0.174. The molecule has 138 valence electrons. The molecular weight excluding hydrogens is 368 g/mol. The van der Waals surface area contributed by atoms with E-state index in [9.17, 15) is 4.79 Å². The van der Waals surface area contributed by atoms with Crippen molar-refractivity contribution in [2.24, 2.45) is 0 Å². The van der Waals surface area contributed by atoms with Crippen molar-refractivity contribution in [1.82, 2.24) is 9.97 Å². The van der Waals surface area contributed by atoms with E-state index < -0.39 is 0 Å². The van der Waals surface area contributed by atoms with E-state index in [1.165, 1.54) is 18.2 Å². The first kappa shape index (κ1) is 19.0. The zero-order valence-corrected chi connectivity index (χ0v) is 16.7. The maximum absolute atomic E-state index is 12.5. The molecule has 0 atom stereocenters. The molecule has 1 aromatic carbocycles. The summed E-state index contributed by atoms with van der Waals surface area (Å²) in [7, 11) is 0. The van der Waals surface area contributed by atoms with E-state index in [0.29, 0.717) is 10.2 Å². The van der Waals surface area contributed by atoms with Crippen molar-refractivity contribution in [3.05, 3.63) is 40.7 Å². The van der Waals surface area contributed by atoms with Crippen LogP contribution in [-0.2, 0) is 4.79 Å². The number of aryl methyl sites for hydroxylation is 2. The number of piperidine rings is 1. The molecule has 0 radical (unpaired) electrons. The summed E-state index contributed by atoms with van der Waals surface area (Å²) in [6.45, 7) is 5.79. The van der Waals surface area contributed by atoms with E-state index >= 15 is 0 Å². The minimum absolute atomic E-state index is 0.0849. The molecule has 5 nitrogen and oxygen atoms in total. The number of thioether (sulfide) groups is 1. The second-order valence-corrected chi connectivity index (χ2v) is 7.80. The van der Waals surface area contributed by atoms with Gasteiger partial charge in [0.15, 0.2) is 5.16 Å². The Hall–Kier alpha value is -1.79. The first-order valence-electron chi connectivity index (χ1n) is 8.81. The van der Waals surface area contributed by atoms with Gasteiger partial charge in [-0.1, -0.05) is 29.4 Å². The molecule has 3 rings (SSSR count). The standard InChI is InChI=1S/C19H23ClN4OS/c1-13-11-14(2)22-19(21-13)26-12-17(25)23-16-8-6-7-15(20)18(16)24-9-4-3-5-10-24/h6-8,11H,3-5,9-10,12H2,1-2H3,(H,23,25). The van der Waals surface area contributed by atoms with E-state index in [2.05, 4.69) is 20.2 Å². The predicted octanol–water partition coefficient (Wildman–Crippen LogP) is 4.47. The van der Waals surface area contributed by atoms with Crippen LogP contribution in [0.2, 0.25) is 5.02 Å². The summed E-state index contributed by atoms with van der Waals surface area (Å²) >= 11 is 7.78. The highest BCUT2D eigenvalue weighted by atomic mass is 35.5. The number of halogens is 1. The number of para-hydroxylation sites is 1. The molecule has 1 amide bonds. The van der Waals surface area contributed by atoms with Crippen LogP contribution in [0.5, 0.6) is 0 Å². The summed E-state index contributed by atoms with van der Waals surface area (Å²) in [4.78, 5) is 23.4. The van der Waals surface area contributed by atoms with Gasteiger partial charge in [-0.25, -0.2) is 9.97 Å². The van der Waals surface area contributed by atoms with E-state index in [4.69, 9.17) is 11.6 Å². The minimum atomic E-state index is -0.0849. The van der Waals surface area contributed by atoms with E-state index in [1.807, 2.05) is 38.1 Å². The Morgan fingerprint density at radius 2 is 1.88 bits per heavy atom. The fourth-order valence-electron chi connectivity index (χ4n) is 3.13. The number of aromatic nitrogens is 2. The number of benzene rings is 1. The topological polar surface area (TPSA) is 58.1 Å². The molecular formula is C19H23ClN4OS. The van der Waals surface area contributed by atoms with Crippen LogP contribution in [0.3, 0.4) is 0 Å². The normalized spacial score (nSPS) is 14.3. The Bertz CT molecular complexity index is 773. The van der Waals surface area contributed by atoms with Crippen LogP contribution in [0.4, 0.5) is 11.4 Å². The lowest BCUT2D eigenvalue weighted by Gasteiger charge is -2.31. The molecule has 0 spiro atoms. The van der Waals surface area contributed by atoms with Gasteiger partial charge in [0.1, 0.15) is 0 Å². The number of hydrogen-bond acceptors (Lipinski definition) is 5. The minimum Gasteiger partial charge on any atom is -0.369 e. The first-order valence-corrected chi connectivity index (χ1v) is 10.2. The average Bonchev–Trinajstić information content (AvgIpc) is 2.60. The van der Waals surface area contributed by atoms with Crippen molar-refractivity contribution in [2.45, 2.75) is 38.3 Å². The highest BCUT2D eigenvalue weighted by Gasteiger charge is 2.19. The summed E-state index contributed by atoms with van der Waals surface area (Å²) < 4.78 is 0. The number of rotatable bonds is 5. The van der Waals surface area contributed by atoms with Gasteiger partial charge >= 0.3 is 0 Å². The van der Waals surface area contributed by atoms with Crippen LogP contribution < -0.4 is 10.2 Å². The predicted molar refractivity (Wildman–Crippen MR) is 108 cm³/mol. The van der Waals surface area contributed by atoms with Crippen LogP contribution in [-0.4, -0.2) is 34.7 Å². The molecule has 1 N–H and O–H groups in total.